The highest BCUT2D eigenvalue weighted by atomic mass is 16.6. The van der Waals surface area contributed by atoms with E-state index >= 15 is 0 Å². The van der Waals surface area contributed by atoms with Gasteiger partial charge in [-0.1, -0.05) is 259 Å². The summed E-state index contributed by atoms with van der Waals surface area (Å²) in [6.07, 6.45) is 48.1. The molecule has 0 aromatic rings. The van der Waals surface area contributed by atoms with Crippen molar-refractivity contribution in [3.8, 4) is 0 Å². The van der Waals surface area contributed by atoms with Crippen LogP contribution in [0, 0.1) is 11.8 Å². The Morgan fingerprint density at radius 3 is 0.817 bits per heavy atom. The van der Waals surface area contributed by atoms with Gasteiger partial charge in [0.2, 0.25) is 0 Å². The van der Waals surface area contributed by atoms with E-state index in [4.69, 9.17) is 14.2 Å². The monoisotopic (exact) mass is 849 g/mol. The molecule has 6 heteroatoms. The third kappa shape index (κ3) is 47.5. The van der Waals surface area contributed by atoms with E-state index in [1.807, 2.05) is 0 Å². The fourth-order valence-corrected chi connectivity index (χ4v) is 8.17. The topological polar surface area (TPSA) is 78.9 Å². The predicted octanol–water partition coefficient (Wildman–Crippen LogP) is 17.3. The molecule has 0 bridgehead atoms. The molecule has 0 spiro atoms. The van der Waals surface area contributed by atoms with Gasteiger partial charge in [0.25, 0.3) is 0 Å². The molecule has 0 unspecified atom stereocenters. The highest BCUT2D eigenvalue weighted by molar-refractivity contribution is 5.71. The van der Waals surface area contributed by atoms with E-state index < -0.39 is 6.10 Å². The molecule has 0 amide bonds. The van der Waals surface area contributed by atoms with Gasteiger partial charge in [-0.05, 0) is 31.1 Å². The van der Waals surface area contributed by atoms with Gasteiger partial charge in [0.1, 0.15) is 13.2 Å². The Hall–Kier alpha value is -1.59. The number of hydrogen-bond acceptors (Lipinski definition) is 6. The minimum absolute atomic E-state index is 0.0638. The van der Waals surface area contributed by atoms with Crippen molar-refractivity contribution < 1.29 is 28.6 Å². The molecular weight excluding hydrogens is 745 g/mol. The molecule has 60 heavy (non-hydrogen) atoms. The molecule has 0 aromatic heterocycles. The summed E-state index contributed by atoms with van der Waals surface area (Å²) in [6, 6.07) is 0. The normalized spacial score (nSPS) is 12.1. The number of ether oxygens (including phenoxy) is 3. The van der Waals surface area contributed by atoms with Crippen LogP contribution in [0.2, 0.25) is 0 Å². The van der Waals surface area contributed by atoms with Crippen LogP contribution in [0.4, 0.5) is 0 Å². The van der Waals surface area contributed by atoms with Gasteiger partial charge in [-0.2, -0.15) is 0 Å². The predicted molar refractivity (Wildman–Crippen MR) is 256 cm³/mol. The van der Waals surface area contributed by atoms with Crippen molar-refractivity contribution in [2.24, 2.45) is 11.8 Å². The van der Waals surface area contributed by atoms with Crippen molar-refractivity contribution in [2.45, 2.75) is 304 Å². The Morgan fingerprint density at radius 2 is 0.550 bits per heavy atom. The highest BCUT2D eigenvalue weighted by Crippen LogP contribution is 2.17. The minimum Gasteiger partial charge on any atom is -0.462 e. The standard InChI is InChI=1S/C54H104O6/c1-6-7-8-9-10-11-12-13-14-15-16-17-18-24-29-34-39-44-52(55)58-47-51(60-54(57)46-41-36-31-26-21-23-28-33-38-43-50(4)5)48-59-53(56)45-40-35-30-25-20-19-22-27-32-37-42-49(2)3/h49-51H,6-48H2,1-5H3/t51-/m0/s1. The summed E-state index contributed by atoms with van der Waals surface area (Å²) in [4.78, 5) is 38.0. The van der Waals surface area contributed by atoms with Crippen LogP contribution in [-0.2, 0) is 28.6 Å². The molecule has 356 valence electrons. The van der Waals surface area contributed by atoms with Gasteiger partial charge in [-0.3, -0.25) is 14.4 Å². The van der Waals surface area contributed by atoms with Crippen LogP contribution in [0.15, 0.2) is 0 Å². The quantitative estimate of drug-likeness (QED) is 0.0345. The zero-order valence-corrected chi connectivity index (χ0v) is 41.1. The first-order chi connectivity index (χ1) is 29.2. The molecule has 1 atom stereocenters. The average Bonchev–Trinajstić information content (AvgIpc) is 3.22. The van der Waals surface area contributed by atoms with Gasteiger partial charge in [-0.25, -0.2) is 0 Å². The Balaban J connectivity index is 4.28. The molecule has 0 aliphatic rings. The van der Waals surface area contributed by atoms with Crippen LogP contribution in [0.25, 0.3) is 0 Å². The van der Waals surface area contributed by atoms with Crippen molar-refractivity contribution in [2.75, 3.05) is 13.2 Å². The van der Waals surface area contributed by atoms with E-state index in [-0.39, 0.29) is 31.1 Å². The lowest BCUT2D eigenvalue weighted by molar-refractivity contribution is -0.167. The second-order valence-electron chi connectivity index (χ2n) is 19.5. The summed E-state index contributed by atoms with van der Waals surface area (Å²) in [6.45, 7) is 11.4. The summed E-state index contributed by atoms with van der Waals surface area (Å²) in [5, 5.41) is 0. The van der Waals surface area contributed by atoms with Gasteiger partial charge < -0.3 is 14.2 Å². The van der Waals surface area contributed by atoms with Crippen LogP contribution in [-0.4, -0.2) is 37.2 Å². The fraction of sp³-hybridized carbons (Fsp3) is 0.944. The maximum Gasteiger partial charge on any atom is 0.306 e. The molecule has 0 rings (SSSR count). The number of carbonyl (C=O) groups is 3. The van der Waals surface area contributed by atoms with Crippen LogP contribution < -0.4 is 0 Å². The number of carbonyl (C=O) groups excluding carboxylic acids is 3. The third-order valence-corrected chi connectivity index (χ3v) is 12.2. The van der Waals surface area contributed by atoms with Gasteiger partial charge in [0.05, 0.1) is 0 Å². The van der Waals surface area contributed by atoms with Gasteiger partial charge >= 0.3 is 17.9 Å². The first-order valence-electron chi connectivity index (χ1n) is 26.7. The lowest BCUT2D eigenvalue weighted by Crippen LogP contribution is -2.30. The summed E-state index contributed by atoms with van der Waals surface area (Å²) in [5.41, 5.74) is 0. The van der Waals surface area contributed by atoms with Crippen molar-refractivity contribution in [3.63, 3.8) is 0 Å². The van der Waals surface area contributed by atoms with Crippen LogP contribution in [0.3, 0.4) is 0 Å². The van der Waals surface area contributed by atoms with Crippen molar-refractivity contribution >= 4 is 17.9 Å². The molecule has 0 radical (unpaired) electrons. The second-order valence-corrected chi connectivity index (χ2v) is 19.5. The molecule has 0 aromatic carbocycles. The number of rotatable bonds is 48. The van der Waals surface area contributed by atoms with Gasteiger partial charge in [0, 0.05) is 19.3 Å². The average molecular weight is 849 g/mol. The van der Waals surface area contributed by atoms with E-state index in [0.717, 1.165) is 69.6 Å². The van der Waals surface area contributed by atoms with Gasteiger partial charge in [0.15, 0.2) is 6.10 Å². The summed E-state index contributed by atoms with van der Waals surface area (Å²) < 4.78 is 16.8. The lowest BCUT2D eigenvalue weighted by atomic mass is 10.0. The lowest BCUT2D eigenvalue weighted by Gasteiger charge is -2.18. The summed E-state index contributed by atoms with van der Waals surface area (Å²) >= 11 is 0. The van der Waals surface area contributed by atoms with Gasteiger partial charge in [-0.15, -0.1) is 0 Å². The smallest absolute Gasteiger partial charge is 0.306 e. The maximum atomic E-state index is 12.8. The maximum absolute atomic E-state index is 12.8. The van der Waals surface area contributed by atoms with Crippen LogP contribution >= 0.6 is 0 Å². The SMILES string of the molecule is CCCCCCCCCCCCCCCCCCCC(=O)OC[C@@H](COC(=O)CCCCCCCCCCCCC(C)C)OC(=O)CCCCCCCCCCCC(C)C. The minimum atomic E-state index is -0.762. The molecule has 0 N–H and O–H groups in total. The van der Waals surface area contributed by atoms with Crippen molar-refractivity contribution in [3.05, 3.63) is 0 Å². The first-order valence-corrected chi connectivity index (χ1v) is 26.7. The Bertz CT molecular complexity index is 916. The third-order valence-electron chi connectivity index (χ3n) is 12.2. The van der Waals surface area contributed by atoms with E-state index in [1.54, 1.807) is 0 Å². The largest absolute Gasteiger partial charge is 0.462 e. The molecule has 0 saturated heterocycles. The van der Waals surface area contributed by atoms with E-state index in [1.165, 1.54) is 186 Å². The van der Waals surface area contributed by atoms with Crippen molar-refractivity contribution in [1.29, 1.82) is 0 Å². The van der Waals surface area contributed by atoms with E-state index in [9.17, 15) is 14.4 Å². The van der Waals surface area contributed by atoms with Crippen LogP contribution in [0.5, 0.6) is 0 Å². The molecule has 0 heterocycles. The number of esters is 3. The summed E-state index contributed by atoms with van der Waals surface area (Å²) in [5.74, 6) is 0.777. The van der Waals surface area contributed by atoms with Crippen LogP contribution in [0.1, 0.15) is 298 Å². The Labute approximate surface area is 374 Å². The Morgan fingerprint density at radius 1 is 0.317 bits per heavy atom. The number of hydrogen-bond donors (Lipinski definition) is 0. The molecule has 0 saturated carbocycles. The molecule has 0 aliphatic heterocycles. The highest BCUT2D eigenvalue weighted by Gasteiger charge is 2.19. The van der Waals surface area contributed by atoms with Crippen molar-refractivity contribution in [1.82, 2.24) is 0 Å². The molecule has 6 nitrogen and oxygen atoms in total. The zero-order valence-electron chi connectivity index (χ0n) is 41.1. The fourth-order valence-electron chi connectivity index (χ4n) is 8.17. The van der Waals surface area contributed by atoms with E-state index in [0.29, 0.717) is 19.3 Å². The summed E-state index contributed by atoms with van der Waals surface area (Å²) in [7, 11) is 0. The zero-order chi connectivity index (χ0) is 44.0. The number of unbranched alkanes of at least 4 members (excludes halogenated alkanes) is 33. The molecular formula is C54H104O6. The first kappa shape index (κ1) is 58.4. The van der Waals surface area contributed by atoms with E-state index in [2.05, 4.69) is 34.6 Å². The Kier molecular flexibility index (Phi) is 45.7. The second kappa shape index (κ2) is 46.9. The molecule has 0 fully saturated rings. The molecule has 0 aliphatic carbocycles.